The van der Waals surface area contributed by atoms with E-state index in [1.54, 1.807) is 0 Å². The first-order valence-corrected chi connectivity index (χ1v) is 17.3. The molecule has 3 atom stereocenters. The summed E-state index contributed by atoms with van der Waals surface area (Å²) in [6.07, 6.45) is 30.5. The van der Waals surface area contributed by atoms with E-state index in [0.717, 1.165) is 32.1 Å². The maximum Gasteiger partial charge on any atom is 0.220 e. The molecule has 0 aromatic carbocycles. The van der Waals surface area contributed by atoms with E-state index in [4.69, 9.17) is 0 Å². The third kappa shape index (κ3) is 26.0. The molecule has 0 saturated carbocycles. The van der Waals surface area contributed by atoms with E-state index in [2.05, 4.69) is 19.2 Å². The molecule has 0 heterocycles. The Morgan fingerprint density at radius 2 is 0.872 bits per heavy atom. The third-order valence-corrected chi connectivity index (χ3v) is 8.21. The molecule has 0 aliphatic rings. The van der Waals surface area contributed by atoms with E-state index in [1.807, 2.05) is 0 Å². The molecule has 0 fully saturated rings. The second kappa shape index (κ2) is 30.3. The van der Waals surface area contributed by atoms with Crippen molar-refractivity contribution in [1.82, 2.24) is 5.32 Å². The Labute approximate surface area is 243 Å². The quantitative estimate of drug-likeness (QED) is 0.0644. The smallest absolute Gasteiger partial charge is 0.220 e. The summed E-state index contributed by atoms with van der Waals surface area (Å²) < 4.78 is 0. The number of amides is 1. The zero-order valence-electron chi connectivity index (χ0n) is 26.3. The van der Waals surface area contributed by atoms with Gasteiger partial charge in [0.05, 0.1) is 18.8 Å². The van der Waals surface area contributed by atoms with Gasteiger partial charge in [-0.1, -0.05) is 168 Å². The summed E-state index contributed by atoms with van der Waals surface area (Å²) in [4.78, 5) is 12.2. The first-order chi connectivity index (χ1) is 19.1. The Bertz CT molecular complexity index is 502. The molecule has 0 spiro atoms. The molecule has 0 bridgehead atoms. The molecule has 0 aliphatic heterocycles. The summed E-state index contributed by atoms with van der Waals surface area (Å²) in [7, 11) is 0. The highest BCUT2D eigenvalue weighted by molar-refractivity contribution is 5.76. The maximum atomic E-state index is 12.2. The zero-order valence-corrected chi connectivity index (χ0v) is 26.3. The lowest BCUT2D eigenvalue weighted by Crippen LogP contribution is -2.50. The van der Waals surface area contributed by atoms with Crippen molar-refractivity contribution in [2.75, 3.05) is 6.61 Å². The van der Waals surface area contributed by atoms with Gasteiger partial charge < -0.3 is 20.6 Å². The summed E-state index contributed by atoms with van der Waals surface area (Å²) in [6, 6.07) is -0.799. The van der Waals surface area contributed by atoms with Crippen molar-refractivity contribution in [1.29, 1.82) is 0 Å². The zero-order chi connectivity index (χ0) is 28.8. The first-order valence-electron chi connectivity index (χ1n) is 17.3. The second-order valence-corrected chi connectivity index (χ2v) is 12.1. The lowest BCUT2D eigenvalue weighted by molar-refractivity contribution is -0.124. The van der Waals surface area contributed by atoms with Crippen LogP contribution in [-0.4, -0.2) is 46.1 Å². The van der Waals surface area contributed by atoms with Gasteiger partial charge in [-0.25, -0.2) is 0 Å². The van der Waals surface area contributed by atoms with Crippen molar-refractivity contribution >= 4 is 5.91 Å². The fourth-order valence-electron chi connectivity index (χ4n) is 5.45. The molecule has 4 N–H and O–H groups in total. The average Bonchev–Trinajstić information content (AvgIpc) is 2.94. The lowest BCUT2D eigenvalue weighted by atomic mass is 9.99. The van der Waals surface area contributed by atoms with Crippen molar-refractivity contribution in [2.24, 2.45) is 0 Å². The number of aliphatic hydroxyl groups is 3. The van der Waals surface area contributed by atoms with Crippen LogP contribution in [0, 0.1) is 0 Å². The molecule has 0 aromatic heterocycles. The van der Waals surface area contributed by atoms with Crippen molar-refractivity contribution in [3.05, 3.63) is 0 Å². The predicted molar refractivity (Wildman–Crippen MR) is 167 cm³/mol. The van der Waals surface area contributed by atoms with Crippen LogP contribution in [-0.2, 0) is 4.79 Å². The SMILES string of the molecule is CCCCCCCCCCCCCCCCCC[C@@H](O)[C@@H](O)[C@H](CO)NC(=O)CCCCCCCCCCC. The Kier molecular flexibility index (Phi) is 29.8. The van der Waals surface area contributed by atoms with Gasteiger partial charge in [0.25, 0.3) is 0 Å². The summed E-state index contributed by atoms with van der Waals surface area (Å²) in [5.74, 6) is -0.148. The van der Waals surface area contributed by atoms with Gasteiger partial charge in [0, 0.05) is 6.42 Å². The van der Waals surface area contributed by atoms with E-state index < -0.39 is 18.2 Å². The second-order valence-electron chi connectivity index (χ2n) is 12.1. The topological polar surface area (TPSA) is 89.8 Å². The van der Waals surface area contributed by atoms with Crippen LogP contribution in [0.2, 0.25) is 0 Å². The minimum absolute atomic E-state index is 0.148. The molecule has 39 heavy (non-hydrogen) atoms. The van der Waals surface area contributed by atoms with Crippen LogP contribution in [0.25, 0.3) is 0 Å². The molecule has 5 heteroatoms. The maximum absolute atomic E-state index is 12.2. The number of unbranched alkanes of at least 4 members (excludes halogenated alkanes) is 23. The van der Waals surface area contributed by atoms with E-state index in [-0.39, 0.29) is 12.5 Å². The lowest BCUT2D eigenvalue weighted by Gasteiger charge is -2.26. The van der Waals surface area contributed by atoms with E-state index in [9.17, 15) is 20.1 Å². The number of aliphatic hydroxyl groups excluding tert-OH is 3. The van der Waals surface area contributed by atoms with Crippen LogP contribution in [0.3, 0.4) is 0 Å². The van der Waals surface area contributed by atoms with Crippen LogP contribution in [0.15, 0.2) is 0 Å². The third-order valence-electron chi connectivity index (χ3n) is 8.21. The van der Waals surface area contributed by atoms with E-state index in [1.165, 1.54) is 128 Å². The van der Waals surface area contributed by atoms with Crippen molar-refractivity contribution in [3.63, 3.8) is 0 Å². The highest BCUT2D eigenvalue weighted by Gasteiger charge is 2.26. The molecule has 1 amide bonds. The number of carbonyl (C=O) groups is 1. The van der Waals surface area contributed by atoms with Crippen molar-refractivity contribution in [2.45, 2.75) is 205 Å². The van der Waals surface area contributed by atoms with Gasteiger partial charge in [-0.05, 0) is 12.8 Å². The Hall–Kier alpha value is -0.650. The van der Waals surface area contributed by atoms with Gasteiger partial charge in [-0.15, -0.1) is 0 Å². The number of hydrogen-bond donors (Lipinski definition) is 4. The normalized spacial score (nSPS) is 13.9. The molecule has 0 aromatic rings. The molecule has 234 valence electrons. The summed E-state index contributed by atoms with van der Waals surface area (Å²) in [5, 5.41) is 33.2. The van der Waals surface area contributed by atoms with Gasteiger partial charge >= 0.3 is 0 Å². The van der Waals surface area contributed by atoms with Crippen molar-refractivity contribution in [3.8, 4) is 0 Å². The summed E-state index contributed by atoms with van der Waals surface area (Å²) in [6.45, 7) is 4.14. The van der Waals surface area contributed by atoms with Crippen LogP contribution in [0.4, 0.5) is 0 Å². The molecular formula is C34H69NO4. The fourth-order valence-corrected chi connectivity index (χ4v) is 5.45. The average molecular weight is 556 g/mol. The first kappa shape index (κ1) is 38.4. The standard InChI is InChI=1S/C34H69NO4/c1-3-5-7-9-11-13-14-15-16-17-18-19-21-22-24-26-28-32(37)34(39)31(30-36)35-33(38)29-27-25-23-20-12-10-8-6-4-2/h31-32,34,36-37,39H,3-30H2,1-2H3,(H,35,38)/t31-,32+,34-/m0/s1. The number of rotatable bonds is 31. The molecule has 0 radical (unpaired) electrons. The highest BCUT2D eigenvalue weighted by Crippen LogP contribution is 2.16. The van der Waals surface area contributed by atoms with Gasteiger partial charge in [0.2, 0.25) is 5.91 Å². The van der Waals surface area contributed by atoms with E-state index in [0.29, 0.717) is 12.8 Å². The van der Waals surface area contributed by atoms with Crippen LogP contribution in [0.1, 0.15) is 187 Å². The molecule has 5 nitrogen and oxygen atoms in total. The largest absolute Gasteiger partial charge is 0.394 e. The van der Waals surface area contributed by atoms with Crippen LogP contribution >= 0.6 is 0 Å². The molecule has 0 unspecified atom stereocenters. The van der Waals surface area contributed by atoms with Gasteiger partial charge in [-0.2, -0.15) is 0 Å². The minimum Gasteiger partial charge on any atom is -0.394 e. The fraction of sp³-hybridized carbons (Fsp3) is 0.971. The number of carbonyl (C=O) groups excluding carboxylic acids is 1. The molecule has 0 rings (SSSR count). The van der Waals surface area contributed by atoms with Crippen molar-refractivity contribution < 1.29 is 20.1 Å². The van der Waals surface area contributed by atoms with Gasteiger partial charge in [-0.3, -0.25) is 4.79 Å². The molecular weight excluding hydrogens is 486 g/mol. The number of nitrogens with one attached hydrogen (secondary N) is 1. The van der Waals surface area contributed by atoms with Crippen LogP contribution in [0.5, 0.6) is 0 Å². The summed E-state index contributed by atoms with van der Waals surface area (Å²) >= 11 is 0. The molecule has 0 saturated heterocycles. The highest BCUT2D eigenvalue weighted by atomic mass is 16.3. The monoisotopic (exact) mass is 556 g/mol. The summed E-state index contributed by atoms with van der Waals surface area (Å²) in [5.41, 5.74) is 0. The minimum atomic E-state index is -1.13. The van der Waals surface area contributed by atoms with E-state index >= 15 is 0 Å². The van der Waals surface area contributed by atoms with Crippen LogP contribution < -0.4 is 5.32 Å². The number of hydrogen-bond acceptors (Lipinski definition) is 4. The Balaban J connectivity index is 3.66. The molecule has 0 aliphatic carbocycles. The Morgan fingerprint density at radius 1 is 0.538 bits per heavy atom. The van der Waals surface area contributed by atoms with Gasteiger partial charge in [0.15, 0.2) is 0 Å². The van der Waals surface area contributed by atoms with Gasteiger partial charge in [0.1, 0.15) is 6.10 Å². The predicted octanol–water partition coefficient (Wildman–Crippen LogP) is 8.76. The Morgan fingerprint density at radius 3 is 1.23 bits per heavy atom.